The van der Waals surface area contributed by atoms with E-state index >= 15 is 0 Å². The van der Waals surface area contributed by atoms with E-state index in [1.54, 1.807) is 11.3 Å². The van der Waals surface area contributed by atoms with Crippen LogP contribution in [0.3, 0.4) is 0 Å². The Morgan fingerprint density at radius 3 is 2.33 bits per heavy atom. The second-order valence-electron chi connectivity index (χ2n) is 5.86. The molecule has 1 aliphatic rings. The summed E-state index contributed by atoms with van der Waals surface area (Å²) in [7, 11) is 0. The minimum atomic E-state index is 0.540. The Morgan fingerprint density at radius 1 is 1.00 bits per heavy atom. The van der Waals surface area contributed by atoms with E-state index in [-0.39, 0.29) is 0 Å². The van der Waals surface area contributed by atoms with Crippen molar-refractivity contribution in [3.63, 3.8) is 0 Å². The van der Waals surface area contributed by atoms with Gasteiger partial charge in [0.15, 0.2) is 0 Å². The first-order chi connectivity index (χ1) is 10.3. The summed E-state index contributed by atoms with van der Waals surface area (Å²) in [5.74, 6) is 1.27. The van der Waals surface area contributed by atoms with Crippen LogP contribution < -0.4 is 0 Å². The molecule has 0 amide bonds. The summed E-state index contributed by atoms with van der Waals surface area (Å²) in [6.45, 7) is 4.42. The Hall–Kier alpha value is -0.880. The van der Waals surface area contributed by atoms with Crippen molar-refractivity contribution in [1.29, 1.82) is 0 Å². The monoisotopic (exact) mass is 322 g/mol. The Bertz CT molecular complexity index is 574. The highest BCUT2D eigenvalue weighted by Gasteiger charge is 2.27. The summed E-state index contributed by atoms with van der Waals surface area (Å²) in [4.78, 5) is 0. The molecule has 0 spiro atoms. The Morgan fingerprint density at radius 2 is 1.67 bits per heavy atom. The summed E-state index contributed by atoms with van der Waals surface area (Å²) in [6, 6.07) is 0. The van der Waals surface area contributed by atoms with Crippen LogP contribution in [0.5, 0.6) is 0 Å². The lowest BCUT2D eigenvalue weighted by molar-refractivity contribution is 0.702. The SMILES string of the molecule is CCC(C)c1nnc(CCCCc2nnc(C3CC3)s2)s1. The van der Waals surface area contributed by atoms with Crippen LogP contribution >= 0.6 is 22.7 Å². The largest absolute Gasteiger partial charge is 0.144 e. The molecule has 4 nitrogen and oxygen atoms in total. The second-order valence-corrected chi connectivity index (χ2v) is 8.05. The molecule has 21 heavy (non-hydrogen) atoms. The zero-order valence-corrected chi connectivity index (χ0v) is 14.3. The maximum Gasteiger partial charge on any atom is 0.120 e. The first kappa shape index (κ1) is 15.0. The van der Waals surface area contributed by atoms with Crippen LogP contribution in [0.25, 0.3) is 0 Å². The minimum absolute atomic E-state index is 0.540. The molecule has 0 radical (unpaired) electrons. The molecule has 6 heteroatoms. The molecule has 0 N–H and O–H groups in total. The Labute approximate surface area is 134 Å². The topological polar surface area (TPSA) is 51.6 Å². The Balaban J connectivity index is 1.40. The molecular weight excluding hydrogens is 300 g/mol. The lowest BCUT2D eigenvalue weighted by atomic mass is 10.1. The third-order valence-corrected chi connectivity index (χ3v) is 6.32. The molecular formula is C15H22N4S2. The van der Waals surface area contributed by atoms with E-state index < -0.39 is 0 Å². The number of hydrogen-bond donors (Lipinski definition) is 0. The second kappa shape index (κ2) is 6.92. The van der Waals surface area contributed by atoms with Crippen molar-refractivity contribution in [2.24, 2.45) is 0 Å². The highest BCUT2D eigenvalue weighted by atomic mass is 32.1. The molecule has 2 aromatic rings. The van der Waals surface area contributed by atoms with Crippen molar-refractivity contribution < 1.29 is 0 Å². The normalized spacial score (nSPS) is 16.3. The average Bonchev–Trinajstić information content (AvgIpc) is 3.06. The van der Waals surface area contributed by atoms with Gasteiger partial charge in [0.1, 0.15) is 20.0 Å². The number of rotatable bonds is 8. The highest BCUT2D eigenvalue weighted by Crippen LogP contribution is 2.41. The van der Waals surface area contributed by atoms with Gasteiger partial charge in [-0.15, -0.1) is 43.1 Å². The van der Waals surface area contributed by atoms with Crippen LogP contribution in [0.1, 0.15) is 77.8 Å². The van der Waals surface area contributed by atoms with Crippen molar-refractivity contribution >= 4 is 22.7 Å². The van der Waals surface area contributed by atoms with E-state index in [4.69, 9.17) is 0 Å². The van der Waals surface area contributed by atoms with Gasteiger partial charge in [0.05, 0.1) is 0 Å². The first-order valence-corrected chi connectivity index (χ1v) is 9.54. The van der Waals surface area contributed by atoms with E-state index in [1.807, 2.05) is 11.3 Å². The van der Waals surface area contributed by atoms with Gasteiger partial charge in [0.25, 0.3) is 0 Å². The van der Waals surface area contributed by atoms with Crippen molar-refractivity contribution in [2.75, 3.05) is 0 Å². The molecule has 0 saturated heterocycles. The van der Waals surface area contributed by atoms with Crippen LogP contribution in [0, 0.1) is 0 Å². The highest BCUT2D eigenvalue weighted by molar-refractivity contribution is 7.11. The van der Waals surface area contributed by atoms with Crippen molar-refractivity contribution in [2.45, 2.75) is 70.6 Å². The molecule has 0 bridgehead atoms. The number of aromatic nitrogens is 4. The molecule has 2 heterocycles. The number of hydrogen-bond acceptors (Lipinski definition) is 6. The van der Waals surface area contributed by atoms with Gasteiger partial charge >= 0.3 is 0 Å². The predicted molar refractivity (Wildman–Crippen MR) is 87.1 cm³/mol. The van der Waals surface area contributed by atoms with Crippen LogP contribution in [0.4, 0.5) is 0 Å². The molecule has 1 aliphatic carbocycles. The minimum Gasteiger partial charge on any atom is -0.144 e. The van der Waals surface area contributed by atoms with Crippen molar-refractivity contribution in [3.05, 3.63) is 20.0 Å². The number of aryl methyl sites for hydroxylation is 2. The molecule has 1 fully saturated rings. The zero-order valence-electron chi connectivity index (χ0n) is 12.7. The molecule has 1 unspecified atom stereocenters. The van der Waals surface area contributed by atoms with E-state index in [0.717, 1.165) is 38.0 Å². The maximum absolute atomic E-state index is 4.31. The summed E-state index contributed by atoms with van der Waals surface area (Å²) in [6.07, 6.45) is 8.18. The van der Waals surface area contributed by atoms with Crippen LogP contribution in [-0.2, 0) is 12.8 Å². The summed E-state index contributed by atoms with van der Waals surface area (Å²) in [5, 5.41) is 22.0. The Kier molecular flexibility index (Phi) is 4.95. The quantitative estimate of drug-likeness (QED) is 0.678. The van der Waals surface area contributed by atoms with Gasteiger partial charge in [0.2, 0.25) is 0 Å². The van der Waals surface area contributed by atoms with Crippen LogP contribution in [0.2, 0.25) is 0 Å². The molecule has 1 atom stereocenters. The standard InChI is InChI=1S/C15H22N4S2/c1-3-10(2)14-18-16-12(20-14)6-4-5-7-13-17-19-15(21-13)11-8-9-11/h10-11H,3-9H2,1-2H3. The molecule has 3 rings (SSSR count). The van der Waals surface area contributed by atoms with Gasteiger partial charge in [-0.2, -0.15) is 0 Å². The van der Waals surface area contributed by atoms with E-state index in [0.29, 0.717) is 5.92 Å². The summed E-state index contributed by atoms with van der Waals surface area (Å²) >= 11 is 3.59. The molecule has 0 aromatic carbocycles. The van der Waals surface area contributed by atoms with Gasteiger partial charge in [0, 0.05) is 24.7 Å². The van der Waals surface area contributed by atoms with E-state index in [2.05, 4.69) is 34.2 Å². The van der Waals surface area contributed by atoms with Crippen molar-refractivity contribution in [1.82, 2.24) is 20.4 Å². The first-order valence-electron chi connectivity index (χ1n) is 7.90. The zero-order chi connectivity index (χ0) is 14.7. The van der Waals surface area contributed by atoms with Gasteiger partial charge in [-0.25, -0.2) is 0 Å². The number of nitrogens with zero attached hydrogens (tertiary/aromatic N) is 4. The predicted octanol–water partition coefficient (Wildman–Crippen LogP) is 4.35. The van der Waals surface area contributed by atoms with Gasteiger partial charge in [-0.3, -0.25) is 0 Å². The smallest absolute Gasteiger partial charge is 0.120 e. The van der Waals surface area contributed by atoms with Gasteiger partial charge in [-0.1, -0.05) is 13.8 Å². The van der Waals surface area contributed by atoms with Crippen molar-refractivity contribution in [3.8, 4) is 0 Å². The molecule has 2 aromatic heterocycles. The molecule has 0 aliphatic heterocycles. The third-order valence-electron chi connectivity index (χ3n) is 3.96. The third kappa shape index (κ3) is 4.07. The van der Waals surface area contributed by atoms with Gasteiger partial charge in [-0.05, 0) is 32.1 Å². The fraction of sp³-hybridized carbons (Fsp3) is 0.733. The lowest BCUT2D eigenvalue weighted by Crippen LogP contribution is -1.89. The van der Waals surface area contributed by atoms with E-state index in [1.165, 1.54) is 32.9 Å². The fourth-order valence-corrected chi connectivity index (χ4v) is 4.23. The maximum atomic E-state index is 4.31. The molecule has 1 saturated carbocycles. The fourth-order valence-electron chi connectivity index (χ4n) is 2.16. The van der Waals surface area contributed by atoms with Crippen LogP contribution in [0.15, 0.2) is 0 Å². The average molecular weight is 323 g/mol. The number of unbranched alkanes of at least 4 members (excludes halogenated alkanes) is 1. The van der Waals surface area contributed by atoms with Gasteiger partial charge < -0.3 is 0 Å². The molecule has 114 valence electrons. The summed E-state index contributed by atoms with van der Waals surface area (Å²) < 4.78 is 0. The lowest BCUT2D eigenvalue weighted by Gasteiger charge is -2.00. The summed E-state index contributed by atoms with van der Waals surface area (Å²) in [5.41, 5.74) is 0. The van der Waals surface area contributed by atoms with E-state index in [9.17, 15) is 0 Å². The van der Waals surface area contributed by atoms with Crippen LogP contribution in [-0.4, -0.2) is 20.4 Å².